The van der Waals surface area contributed by atoms with Crippen LogP contribution in [0.3, 0.4) is 0 Å². The number of hydrogen-bond acceptors (Lipinski definition) is 6. The number of nitrogens with one attached hydrogen (secondary N) is 1. The first-order valence-corrected chi connectivity index (χ1v) is 11.9. The van der Waals surface area contributed by atoms with E-state index in [1.165, 1.54) is 17.4 Å². The van der Waals surface area contributed by atoms with E-state index in [4.69, 9.17) is 0 Å². The molecular weight excluding hydrogens is 420 g/mol. The fraction of sp³-hybridized carbons (Fsp3) is 0.375. The van der Waals surface area contributed by atoms with Gasteiger partial charge in [-0.3, -0.25) is 4.79 Å². The quantitative estimate of drug-likeness (QED) is 0.453. The van der Waals surface area contributed by atoms with Crippen molar-refractivity contribution in [2.45, 2.75) is 32.5 Å². The van der Waals surface area contributed by atoms with Crippen LogP contribution in [-0.2, 0) is 11.3 Å². The molecule has 1 heterocycles. The third kappa shape index (κ3) is 5.62. The van der Waals surface area contributed by atoms with Gasteiger partial charge in [0.2, 0.25) is 5.91 Å². The van der Waals surface area contributed by atoms with Crippen LogP contribution >= 0.6 is 11.8 Å². The van der Waals surface area contributed by atoms with Crippen molar-refractivity contribution < 1.29 is 4.79 Å². The average molecular weight is 453 g/mol. The first-order chi connectivity index (χ1) is 15.5. The molecule has 0 saturated carbocycles. The molecule has 3 rings (SSSR count). The molecule has 0 bridgehead atoms. The highest BCUT2D eigenvalue weighted by molar-refractivity contribution is 7.99. The van der Waals surface area contributed by atoms with E-state index in [1.54, 1.807) is 0 Å². The summed E-state index contributed by atoms with van der Waals surface area (Å²) in [6, 6.07) is 16.2. The number of rotatable bonds is 10. The molecule has 8 heteroatoms. The Balaban J connectivity index is 1.65. The van der Waals surface area contributed by atoms with Crippen molar-refractivity contribution in [2.75, 3.05) is 48.1 Å². The molecular formula is C24H32N6OS. The molecule has 0 fully saturated rings. The standard InChI is InChI=1S/C24H32N6OS/c1-6-29(7-2)21-13-9-18(10-14-21)23-26-27-24(30(23)8-3)32-17-22(31)25-19-11-15-20(16-12-19)28(4)5/h9-16H,6-8,17H2,1-5H3,(H,25,31). The molecule has 0 saturated heterocycles. The number of thioether (sulfide) groups is 1. The maximum Gasteiger partial charge on any atom is 0.234 e. The highest BCUT2D eigenvalue weighted by Gasteiger charge is 2.15. The summed E-state index contributed by atoms with van der Waals surface area (Å²) in [6.07, 6.45) is 0. The van der Waals surface area contributed by atoms with Crippen LogP contribution in [0.15, 0.2) is 53.7 Å². The summed E-state index contributed by atoms with van der Waals surface area (Å²) in [6.45, 7) is 9.06. The third-order valence-corrected chi connectivity index (χ3v) is 6.25. The fourth-order valence-corrected chi connectivity index (χ4v) is 4.28. The van der Waals surface area contributed by atoms with Crippen LogP contribution in [0, 0.1) is 0 Å². The number of anilines is 3. The van der Waals surface area contributed by atoms with Gasteiger partial charge in [-0.1, -0.05) is 11.8 Å². The number of carbonyl (C=O) groups excluding carboxylic acids is 1. The summed E-state index contributed by atoms with van der Waals surface area (Å²) in [5.41, 5.74) is 4.09. The number of benzene rings is 2. The Hall–Kier alpha value is -3.00. The summed E-state index contributed by atoms with van der Waals surface area (Å²) in [4.78, 5) is 16.8. The third-order valence-electron chi connectivity index (χ3n) is 5.29. The van der Waals surface area contributed by atoms with Gasteiger partial charge in [0.05, 0.1) is 5.75 Å². The summed E-state index contributed by atoms with van der Waals surface area (Å²) >= 11 is 1.40. The average Bonchev–Trinajstić information content (AvgIpc) is 3.22. The normalized spacial score (nSPS) is 10.8. The molecule has 1 aromatic heterocycles. The number of aromatic nitrogens is 3. The summed E-state index contributed by atoms with van der Waals surface area (Å²) in [5.74, 6) is 1.03. The molecule has 7 nitrogen and oxygen atoms in total. The van der Waals surface area contributed by atoms with Crippen LogP contribution in [-0.4, -0.2) is 53.6 Å². The lowest BCUT2D eigenvalue weighted by Gasteiger charge is -2.21. The molecule has 1 amide bonds. The van der Waals surface area contributed by atoms with E-state index in [2.05, 4.69) is 70.0 Å². The predicted molar refractivity (Wildman–Crippen MR) is 135 cm³/mol. The molecule has 3 aromatic rings. The highest BCUT2D eigenvalue weighted by Crippen LogP contribution is 2.26. The van der Waals surface area contributed by atoms with Crippen LogP contribution < -0.4 is 15.1 Å². The lowest BCUT2D eigenvalue weighted by molar-refractivity contribution is -0.113. The fourth-order valence-electron chi connectivity index (χ4n) is 3.47. The van der Waals surface area contributed by atoms with Crippen LogP contribution in [0.2, 0.25) is 0 Å². The van der Waals surface area contributed by atoms with Gasteiger partial charge in [0.25, 0.3) is 0 Å². The largest absolute Gasteiger partial charge is 0.378 e. The first-order valence-electron chi connectivity index (χ1n) is 10.9. The van der Waals surface area contributed by atoms with Gasteiger partial charge in [0.1, 0.15) is 0 Å². The first kappa shape index (κ1) is 23.7. The minimum Gasteiger partial charge on any atom is -0.378 e. The van der Waals surface area contributed by atoms with Gasteiger partial charge in [-0.25, -0.2) is 0 Å². The molecule has 0 unspecified atom stereocenters. The Morgan fingerprint density at radius 1 is 0.938 bits per heavy atom. The van der Waals surface area contributed by atoms with Gasteiger partial charge >= 0.3 is 0 Å². The Bertz CT molecular complexity index is 1010. The number of hydrogen-bond donors (Lipinski definition) is 1. The van der Waals surface area contributed by atoms with Crippen molar-refractivity contribution in [3.63, 3.8) is 0 Å². The zero-order valence-corrected chi connectivity index (χ0v) is 20.3. The summed E-state index contributed by atoms with van der Waals surface area (Å²) < 4.78 is 2.05. The lowest BCUT2D eigenvalue weighted by atomic mass is 10.2. The Kier molecular flexibility index (Phi) is 8.16. The van der Waals surface area contributed by atoms with E-state index >= 15 is 0 Å². The van der Waals surface area contributed by atoms with Crippen molar-refractivity contribution in [1.82, 2.24) is 14.8 Å². The molecule has 0 spiro atoms. The Morgan fingerprint density at radius 3 is 2.12 bits per heavy atom. The Labute approximate surface area is 194 Å². The number of carbonyl (C=O) groups is 1. The van der Waals surface area contributed by atoms with E-state index in [1.807, 2.05) is 43.3 Å². The topological polar surface area (TPSA) is 66.3 Å². The maximum absolute atomic E-state index is 12.4. The Morgan fingerprint density at radius 2 is 1.56 bits per heavy atom. The molecule has 0 atom stereocenters. The van der Waals surface area contributed by atoms with E-state index < -0.39 is 0 Å². The molecule has 0 radical (unpaired) electrons. The van der Waals surface area contributed by atoms with E-state index in [0.717, 1.165) is 47.6 Å². The molecule has 0 aliphatic rings. The number of nitrogens with zero attached hydrogens (tertiary/aromatic N) is 5. The second-order valence-electron chi connectivity index (χ2n) is 7.55. The maximum atomic E-state index is 12.4. The summed E-state index contributed by atoms with van der Waals surface area (Å²) in [7, 11) is 3.98. The van der Waals surface area contributed by atoms with Crippen LogP contribution in [0.1, 0.15) is 20.8 Å². The van der Waals surface area contributed by atoms with Crippen LogP contribution in [0.5, 0.6) is 0 Å². The number of amides is 1. The van der Waals surface area contributed by atoms with Crippen molar-refractivity contribution in [3.8, 4) is 11.4 Å². The molecule has 2 aromatic carbocycles. The van der Waals surface area contributed by atoms with Gasteiger partial charge in [-0.2, -0.15) is 0 Å². The van der Waals surface area contributed by atoms with Crippen LogP contribution in [0.25, 0.3) is 11.4 Å². The van der Waals surface area contributed by atoms with Gasteiger partial charge in [0.15, 0.2) is 11.0 Å². The van der Waals surface area contributed by atoms with Gasteiger partial charge in [0, 0.05) is 56.4 Å². The predicted octanol–water partition coefficient (Wildman–Crippen LogP) is 4.61. The molecule has 0 aliphatic carbocycles. The zero-order chi connectivity index (χ0) is 23.1. The molecule has 0 aliphatic heterocycles. The highest BCUT2D eigenvalue weighted by atomic mass is 32.2. The van der Waals surface area contributed by atoms with Crippen molar-refractivity contribution >= 4 is 34.7 Å². The minimum atomic E-state index is -0.0663. The van der Waals surface area contributed by atoms with Crippen LogP contribution in [0.4, 0.5) is 17.1 Å². The smallest absolute Gasteiger partial charge is 0.234 e. The minimum absolute atomic E-state index is 0.0663. The SMILES string of the molecule is CCN(CC)c1ccc(-c2nnc(SCC(=O)Nc3ccc(N(C)C)cc3)n2CC)cc1. The molecule has 170 valence electrons. The van der Waals surface area contributed by atoms with Crippen molar-refractivity contribution in [3.05, 3.63) is 48.5 Å². The van der Waals surface area contributed by atoms with Gasteiger partial charge in [-0.05, 0) is 69.3 Å². The zero-order valence-electron chi connectivity index (χ0n) is 19.5. The van der Waals surface area contributed by atoms with E-state index in [-0.39, 0.29) is 11.7 Å². The molecule has 32 heavy (non-hydrogen) atoms. The lowest BCUT2D eigenvalue weighted by Crippen LogP contribution is -2.21. The summed E-state index contributed by atoms with van der Waals surface area (Å²) in [5, 5.41) is 12.4. The van der Waals surface area contributed by atoms with Crippen molar-refractivity contribution in [2.24, 2.45) is 0 Å². The second-order valence-corrected chi connectivity index (χ2v) is 8.49. The van der Waals surface area contributed by atoms with Crippen molar-refractivity contribution in [1.29, 1.82) is 0 Å². The van der Waals surface area contributed by atoms with Gasteiger partial charge < -0.3 is 19.7 Å². The molecule has 1 N–H and O–H groups in total. The van der Waals surface area contributed by atoms with E-state index in [0.29, 0.717) is 0 Å². The van der Waals surface area contributed by atoms with E-state index in [9.17, 15) is 4.79 Å². The monoisotopic (exact) mass is 452 g/mol. The van der Waals surface area contributed by atoms with Gasteiger partial charge in [-0.15, -0.1) is 10.2 Å². The second kappa shape index (κ2) is 11.0.